The number of rotatable bonds is 4. The molecule has 2 aliphatic heterocycles. The summed E-state index contributed by atoms with van der Waals surface area (Å²) in [5, 5.41) is 10.7. The third-order valence-electron chi connectivity index (χ3n) is 4.15. The van der Waals surface area contributed by atoms with Crippen molar-refractivity contribution in [2.75, 3.05) is 19.8 Å². The smallest absolute Gasteiger partial charge is 0.0697 e. The van der Waals surface area contributed by atoms with Gasteiger partial charge in [0.25, 0.3) is 0 Å². The third-order valence-corrected chi connectivity index (χ3v) is 4.15. The van der Waals surface area contributed by atoms with Crippen LogP contribution in [0.15, 0.2) is 0 Å². The number of ether oxygens (including phenoxy) is 2. The van der Waals surface area contributed by atoms with E-state index in [1.807, 2.05) is 0 Å². The van der Waals surface area contributed by atoms with E-state index in [-0.39, 0.29) is 6.10 Å². The highest BCUT2D eigenvalue weighted by Crippen LogP contribution is 2.35. The topological polar surface area (TPSA) is 38.7 Å². The molecule has 0 aromatic heterocycles. The summed E-state index contributed by atoms with van der Waals surface area (Å²) in [4.78, 5) is 0. The van der Waals surface area contributed by atoms with E-state index in [1.165, 1.54) is 0 Å². The maximum absolute atomic E-state index is 10.7. The molecule has 2 atom stereocenters. The molecule has 2 saturated heterocycles. The molecule has 3 nitrogen and oxygen atoms in total. The molecule has 0 amide bonds. The van der Waals surface area contributed by atoms with Gasteiger partial charge in [0.15, 0.2) is 0 Å². The van der Waals surface area contributed by atoms with Crippen molar-refractivity contribution in [3.63, 3.8) is 0 Å². The lowest BCUT2D eigenvalue weighted by Gasteiger charge is -2.39. The quantitative estimate of drug-likeness (QED) is 0.823. The van der Waals surface area contributed by atoms with Crippen molar-refractivity contribution >= 4 is 0 Å². The molecule has 0 bridgehead atoms. The predicted molar refractivity (Wildman–Crippen MR) is 67.0 cm³/mol. The fourth-order valence-electron chi connectivity index (χ4n) is 3.18. The first-order valence-corrected chi connectivity index (χ1v) is 7.13. The maximum atomic E-state index is 10.7. The molecule has 2 rings (SSSR count). The van der Waals surface area contributed by atoms with E-state index >= 15 is 0 Å². The maximum Gasteiger partial charge on any atom is 0.0697 e. The van der Waals surface area contributed by atoms with E-state index in [4.69, 9.17) is 9.47 Å². The molecule has 2 aliphatic rings. The lowest BCUT2D eigenvalue weighted by atomic mass is 9.79. The molecule has 0 spiro atoms. The first kappa shape index (κ1) is 13.3. The van der Waals surface area contributed by atoms with Gasteiger partial charge < -0.3 is 14.6 Å². The fourth-order valence-corrected chi connectivity index (χ4v) is 3.18. The average Bonchev–Trinajstić information content (AvgIpc) is 2.30. The minimum atomic E-state index is -0.472. The zero-order chi connectivity index (χ0) is 12.1. The number of hydrogen-bond donors (Lipinski definition) is 1. The first-order valence-electron chi connectivity index (χ1n) is 7.13. The van der Waals surface area contributed by atoms with Crippen molar-refractivity contribution in [1.82, 2.24) is 0 Å². The molecule has 3 heteroatoms. The van der Waals surface area contributed by atoms with Crippen LogP contribution in [-0.4, -0.2) is 36.6 Å². The third kappa shape index (κ3) is 3.94. The fraction of sp³-hybridized carbons (Fsp3) is 1.00. The van der Waals surface area contributed by atoms with Gasteiger partial charge in [-0.2, -0.15) is 0 Å². The Hall–Kier alpha value is -0.120. The van der Waals surface area contributed by atoms with Crippen LogP contribution in [0.25, 0.3) is 0 Å². The summed E-state index contributed by atoms with van der Waals surface area (Å²) in [6.45, 7) is 4.64. The molecule has 2 unspecified atom stereocenters. The number of hydrogen-bond acceptors (Lipinski definition) is 3. The van der Waals surface area contributed by atoms with E-state index in [1.54, 1.807) is 0 Å². The average molecular weight is 242 g/mol. The van der Waals surface area contributed by atoms with Crippen molar-refractivity contribution in [2.45, 2.75) is 63.6 Å². The van der Waals surface area contributed by atoms with Gasteiger partial charge in [0.2, 0.25) is 0 Å². The van der Waals surface area contributed by atoms with E-state index < -0.39 is 5.60 Å². The van der Waals surface area contributed by atoms with Crippen molar-refractivity contribution in [3.05, 3.63) is 0 Å². The first-order chi connectivity index (χ1) is 8.22. The molecular weight excluding hydrogens is 216 g/mol. The molecule has 1 N–H and O–H groups in total. The second-order valence-electron chi connectivity index (χ2n) is 5.72. The Bertz CT molecular complexity index is 224. The largest absolute Gasteiger partial charge is 0.390 e. The van der Waals surface area contributed by atoms with Crippen LogP contribution in [-0.2, 0) is 9.47 Å². The van der Waals surface area contributed by atoms with Crippen LogP contribution in [0.3, 0.4) is 0 Å². The Kier molecular flexibility index (Phi) is 4.83. The Labute approximate surface area is 104 Å². The van der Waals surface area contributed by atoms with Gasteiger partial charge in [-0.05, 0) is 38.0 Å². The Morgan fingerprint density at radius 3 is 2.71 bits per heavy atom. The number of aliphatic hydroxyl groups is 1. The Morgan fingerprint density at radius 1 is 1.24 bits per heavy atom. The van der Waals surface area contributed by atoms with Crippen molar-refractivity contribution in [3.8, 4) is 0 Å². The Morgan fingerprint density at radius 2 is 2.00 bits per heavy atom. The van der Waals surface area contributed by atoms with Gasteiger partial charge >= 0.3 is 0 Å². The monoisotopic (exact) mass is 242 g/mol. The SMILES string of the molecule is CCCC1CC(O)(CC2CCOCC2)CCO1. The molecule has 2 heterocycles. The molecule has 0 radical (unpaired) electrons. The minimum absolute atomic E-state index is 0.276. The van der Waals surface area contributed by atoms with Crippen molar-refractivity contribution in [1.29, 1.82) is 0 Å². The molecular formula is C14H26O3. The van der Waals surface area contributed by atoms with Gasteiger partial charge in [0.1, 0.15) is 0 Å². The lowest BCUT2D eigenvalue weighted by Crippen LogP contribution is -2.42. The second-order valence-corrected chi connectivity index (χ2v) is 5.72. The molecule has 100 valence electrons. The van der Waals surface area contributed by atoms with Crippen LogP contribution in [0.5, 0.6) is 0 Å². The van der Waals surface area contributed by atoms with Gasteiger partial charge in [0, 0.05) is 26.2 Å². The molecule has 0 saturated carbocycles. The summed E-state index contributed by atoms with van der Waals surface area (Å²) in [6, 6.07) is 0. The highest BCUT2D eigenvalue weighted by molar-refractivity contribution is 4.88. The summed E-state index contributed by atoms with van der Waals surface area (Å²) in [5.74, 6) is 0.647. The van der Waals surface area contributed by atoms with Crippen LogP contribution < -0.4 is 0 Å². The van der Waals surface area contributed by atoms with Crippen LogP contribution in [0, 0.1) is 5.92 Å². The normalized spacial score (nSPS) is 36.0. The van der Waals surface area contributed by atoms with Gasteiger partial charge in [-0.25, -0.2) is 0 Å². The lowest BCUT2D eigenvalue weighted by molar-refractivity contribution is -0.119. The highest BCUT2D eigenvalue weighted by Gasteiger charge is 2.36. The molecule has 0 aromatic rings. The van der Waals surface area contributed by atoms with Crippen molar-refractivity contribution < 1.29 is 14.6 Å². The van der Waals surface area contributed by atoms with Gasteiger partial charge in [-0.3, -0.25) is 0 Å². The second kappa shape index (κ2) is 6.17. The highest BCUT2D eigenvalue weighted by atomic mass is 16.5. The van der Waals surface area contributed by atoms with Crippen LogP contribution in [0.2, 0.25) is 0 Å². The van der Waals surface area contributed by atoms with E-state index in [0.717, 1.165) is 64.8 Å². The zero-order valence-corrected chi connectivity index (χ0v) is 11.0. The van der Waals surface area contributed by atoms with Crippen LogP contribution >= 0.6 is 0 Å². The van der Waals surface area contributed by atoms with E-state index in [0.29, 0.717) is 5.92 Å². The Balaban J connectivity index is 1.83. The molecule has 0 aromatic carbocycles. The van der Waals surface area contributed by atoms with Crippen LogP contribution in [0.4, 0.5) is 0 Å². The summed E-state index contributed by atoms with van der Waals surface area (Å²) in [6.07, 6.45) is 7.30. The summed E-state index contributed by atoms with van der Waals surface area (Å²) in [5.41, 5.74) is -0.472. The summed E-state index contributed by atoms with van der Waals surface area (Å²) >= 11 is 0. The summed E-state index contributed by atoms with van der Waals surface area (Å²) < 4.78 is 11.1. The standard InChI is InChI=1S/C14H26O3/c1-2-3-13-11-14(15,6-9-17-13)10-12-4-7-16-8-5-12/h12-13,15H,2-11H2,1H3. The van der Waals surface area contributed by atoms with Gasteiger partial charge in [-0.1, -0.05) is 13.3 Å². The van der Waals surface area contributed by atoms with Crippen LogP contribution in [0.1, 0.15) is 51.9 Å². The van der Waals surface area contributed by atoms with Gasteiger partial charge in [0.05, 0.1) is 11.7 Å². The van der Waals surface area contributed by atoms with Gasteiger partial charge in [-0.15, -0.1) is 0 Å². The van der Waals surface area contributed by atoms with Crippen molar-refractivity contribution in [2.24, 2.45) is 5.92 Å². The minimum Gasteiger partial charge on any atom is -0.390 e. The van der Waals surface area contributed by atoms with E-state index in [9.17, 15) is 5.11 Å². The molecule has 2 fully saturated rings. The zero-order valence-electron chi connectivity index (χ0n) is 11.0. The van der Waals surface area contributed by atoms with E-state index in [2.05, 4.69) is 6.92 Å². The predicted octanol–water partition coefficient (Wildman–Crippen LogP) is 2.51. The molecule has 0 aliphatic carbocycles. The molecule has 17 heavy (non-hydrogen) atoms. The summed E-state index contributed by atoms with van der Waals surface area (Å²) in [7, 11) is 0.